The second kappa shape index (κ2) is 19.6. The highest BCUT2D eigenvalue weighted by Gasteiger charge is 2.27. The van der Waals surface area contributed by atoms with Crippen LogP contribution in [0.25, 0.3) is 0 Å². The third kappa shape index (κ3) is 14.8. The summed E-state index contributed by atoms with van der Waals surface area (Å²) in [6.07, 6.45) is 21.1. The van der Waals surface area contributed by atoms with E-state index in [1.807, 2.05) is 26.0 Å². The van der Waals surface area contributed by atoms with Crippen LogP contribution in [0.1, 0.15) is 106 Å². The van der Waals surface area contributed by atoms with Gasteiger partial charge in [0.05, 0.1) is 16.8 Å². The summed E-state index contributed by atoms with van der Waals surface area (Å²) in [4.78, 5) is 0.385. The molecule has 0 spiro atoms. The van der Waals surface area contributed by atoms with E-state index in [-0.39, 0.29) is 6.61 Å². The lowest BCUT2D eigenvalue weighted by Gasteiger charge is -2.18. The van der Waals surface area contributed by atoms with Crippen molar-refractivity contribution in [2.24, 2.45) is 0 Å². The Morgan fingerprint density at radius 1 is 0.650 bits per heavy atom. The SMILES string of the molecule is CC(C)=CCCC(C)=CCCC(C)=CCC(C(C)=CCCC(C)=CCCC(C)=CCO)S(=O)(=O)c1ccccc1. The first-order chi connectivity index (χ1) is 19.0. The average Bonchev–Trinajstić information content (AvgIpc) is 2.89. The molecule has 0 bridgehead atoms. The van der Waals surface area contributed by atoms with Gasteiger partial charge in [-0.05, 0) is 118 Å². The molecule has 0 radical (unpaired) electrons. The molecule has 1 rings (SSSR count). The normalized spacial score (nSPS) is 14.8. The molecule has 0 amide bonds. The lowest BCUT2D eigenvalue weighted by Crippen LogP contribution is -2.22. The molecule has 0 saturated heterocycles. The topological polar surface area (TPSA) is 54.4 Å². The quantitative estimate of drug-likeness (QED) is 0.180. The molecule has 1 aromatic rings. The van der Waals surface area contributed by atoms with E-state index < -0.39 is 15.1 Å². The van der Waals surface area contributed by atoms with Crippen molar-refractivity contribution in [2.45, 2.75) is 116 Å². The fourth-order valence-electron chi connectivity index (χ4n) is 4.54. The molecule has 0 aromatic heterocycles. The van der Waals surface area contributed by atoms with Crippen LogP contribution in [-0.4, -0.2) is 25.4 Å². The summed E-state index contributed by atoms with van der Waals surface area (Å²) in [5, 5.41) is 8.44. The maximum absolute atomic E-state index is 13.7. The molecule has 0 fully saturated rings. The van der Waals surface area contributed by atoms with Crippen LogP contribution >= 0.6 is 0 Å². The van der Waals surface area contributed by atoms with Crippen LogP contribution < -0.4 is 0 Å². The highest BCUT2D eigenvalue weighted by atomic mass is 32.2. The monoisotopic (exact) mass is 566 g/mol. The number of aliphatic hydroxyl groups is 1. The largest absolute Gasteiger partial charge is 0.392 e. The summed E-state index contributed by atoms with van der Waals surface area (Å²) >= 11 is 0. The molecule has 0 saturated carbocycles. The zero-order valence-corrected chi connectivity index (χ0v) is 27.0. The van der Waals surface area contributed by atoms with Crippen molar-refractivity contribution in [3.05, 3.63) is 100 Å². The third-order valence-electron chi connectivity index (χ3n) is 7.23. The van der Waals surface area contributed by atoms with E-state index >= 15 is 0 Å². The molecule has 4 heteroatoms. The number of hydrogen-bond donors (Lipinski definition) is 1. The van der Waals surface area contributed by atoms with E-state index in [1.165, 1.54) is 27.9 Å². The molecule has 222 valence electrons. The Balaban J connectivity index is 2.92. The maximum Gasteiger partial charge on any atom is 0.185 e. The Bertz CT molecular complexity index is 1170. The minimum atomic E-state index is -3.50. The molecular weight excluding hydrogens is 512 g/mol. The molecule has 1 unspecified atom stereocenters. The van der Waals surface area contributed by atoms with Crippen LogP contribution in [0.3, 0.4) is 0 Å². The lowest BCUT2D eigenvalue weighted by atomic mass is 10.0. The summed E-state index contributed by atoms with van der Waals surface area (Å²) in [5.74, 6) is 0. The summed E-state index contributed by atoms with van der Waals surface area (Å²) in [5.41, 5.74) is 7.43. The van der Waals surface area contributed by atoms with Crippen molar-refractivity contribution >= 4 is 9.84 Å². The predicted octanol–water partition coefficient (Wildman–Crippen LogP) is 10.0. The van der Waals surface area contributed by atoms with Gasteiger partial charge in [0.25, 0.3) is 0 Å². The molecule has 0 aliphatic heterocycles. The molecule has 3 nitrogen and oxygen atoms in total. The minimum Gasteiger partial charge on any atom is -0.392 e. The zero-order chi connectivity index (χ0) is 30.0. The van der Waals surface area contributed by atoms with E-state index in [4.69, 9.17) is 5.11 Å². The van der Waals surface area contributed by atoms with Gasteiger partial charge < -0.3 is 5.11 Å². The highest BCUT2D eigenvalue weighted by Crippen LogP contribution is 2.26. The zero-order valence-electron chi connectivity index (χ0n) is 26.2. The van der Waals surface area contributed by atoms with Crippen LogP contribution in [0, 0.1) is 0 Å². The van der Waals surface area contributed by atoms with Gasteiger partial charge >= 0.3 is 0 Å². The van der Waals surface area contributed by atoms with Crippen LogP contribution in [0.4, 0.5) is 0 Å². The average molecular weight is 567 g/mol. The van der Waals surface area contributed by atoms with Gasteiger partial charge in [0, 0.05) is 0 Å². The Kier molecular flexibility index (Phi) is 17.5. The molecule has 1 N–H and O–H groups in total. The smallest absolute Gasteiger partial charge is 0.185 e. The van der Waals surface area contributed by atoms with Crippen molar-refractivity contribution in [3.8, 4) is 0 Å². The van der Waals surface area contributed by atoms with E-state index in [2.05, 4.69) is 65.0 Å². The molecule has 1 aromatic carbocycles. The van der Waals surface area contributed by atoms with Crippen molar-refractivity contribution < 1.29 is 13.5 Å². The van der Waals surface area contributed by atoms with Crippen LogP contribution in [0.2, 0.25) is 0 Å². The Hall–Kier alpha value is -2.43. The number of aliphatic hydroxyl groups excluding tert-OH is 1. The Labute approximate surface area is 246 Å². The van der Waals surface area contributed by atoms with Crippen molar-refractivity contribution in [2.75, 3.05) is 6.61 Å². The number of allylic oxidation sites excluding steroid dienone is 10. The lowest BCUT2D eigenvalue weighted by molar-refractivity contribution is 0.341. The van der Waals surface area contributed by atoms with E-state index in [1.54, 1.807) is 24.3 Å². The molecule has 0 aliphatic rings. The van der Waals surface area contributed by atoms with Crippen molar-refractivity contribution in [1.82, 2.24) is 0 Å². The third-order valence-corrected chi connectivity index (χ3v) is 9.48. The Morgan fingerprint density at radius 3 is 1.60 bits per heavy atom. The van der Waals surface area contributed by atoms with Crippen molar-refractivity contribution in [3.63, 3.8) is 0 Å². The molecular formula is C36H54O3S. The first kappa shape index (κ1) is 35.6. The standard InChI is InChI=1S/C36H54O3S/c1-29(2)15-11-16-30(3)17-12-19-32(5)25-26-36(40(38,39)35-23-9-8-10-24-35)34(7)22-14-21-31(4)18-13-20-33(6)27-28-37/h8-10,15,17-18,22-25,27,36-37H,11-14,16,19-21,26,28H2,1-7H3. The molecule has 40 heavy (non-hydrogen) atoms. The minimum absolute atomic E-state index is 0.0913. The van der Waals surface area contributed by atoms with Gasteiger partial charge in [0.1, 0.15) is 0 Å². The predicted molar refractivity (Wildman–Crippen MR) is 174 cm³/mol. The fraction of sp³-hybridized carbons (Fsp3) is 0.500. The van der Waals surface area contributed by atoms with Crippen LogP contribution in [0.5, 0.6) is 0 Å². The highest BCUT2D eigenvalue weighted by molar-refractivity contribution is 7.92. The number of rotatable bonds is 18. The summed E-state index contributed by atoms with van der Waals surface area (Å²) in [6, 6.07) is 8.85. The van der Waals surface area contributed by atoms with Crippen LogP contribution in [-0.2, 0) is 9.84 Å². The number of benzene rings is 1. The Morgan fingerprint density at radius 2 is 1.10 bits per heavy atom. The van der Waals surface area contributed by atoms with E-state index in [9.17, 15) is 8.42 Å². The van der Waals surface area contributed by atoms with Gasteiger partial charge in [0.15, 0.2) is 9.84 Å². The van der Waals surface area contributed by atoms with E-state index in [0.29, 0.717) is 11.3 Å². The first-order valence-corrected chi connectivity index (χ1v) is 16.3. The first-order valence-electron chi connectivity index (χ1n) is 14.8. The van der Waals surface area contributed by atoms with Gasteiger partial charge in [-0.15, -0.1) is 0 Å². The number of hydrogen-bond acceptors (Lipinski definition) is 3. The molecule has 1 atom stereocenters. The van der Waals surface area contributed by atoms with Crippen LogP contribution in [0.15, 0.2) is 105 Å². The summed E-state index contributed by atoms with van der Waals surface area (Å²) < 4.78 is 27.3. The second-order valence-electron chi connectivity index (χ2n) is 11.4. The van der Waals surface area contributed by atoms with E-state index in [0.717, 1.165) is 56.9 Å². The van der Waals surface area contributed by atoms with Gasteiger partial charge in [-0.1, -0.05) is 88.1 Å². The fourth-order valence-corrected chi connectivity index (χ4v) is 6.34. The van der Waals surface area contributed by atoms with Gasteiger partial charge in [-0.3, -0.25) is 0 Å². The van der Waals surface area contributed by atoms with Gasteiger partial charge in [-0.2, -0.15) is 0 Å². The summed E-state index contributed by atoms with van der Waals surface area (Å²) in [7, 11) is -3.50. The molecule has 0 aliphatic carbocycles. The van der Waals surface area contributed by atoms with Gasteiger partial charge in [-0.25, -0.2) is 8.42 Å². The van der Waals surface area contributed by atoms with Gasteiger partial charge in [0.2, 0.25) is 0 Å². The maximum atomic E-state index is 13.7. The summed E-state index contributed by atoms with van der Waals surface area (Å²) in [6.45, 7) is 14.8. The van der Waals surface area contributed by atoms with Crippen molar-refractivity contribution in [1.29, 1.82) is 0 Å². The molecule has 0 heterocycles. The number of sulfone groups is 1. The second-order valence-corrected chi connectivity index (χ2v) is 13.5.